The fourth-order valence-electron chi connectivity index (χ4n) is 2.16. The van der Waals surface area contributed by atoms with Crippen LogP contribution in [0.4, 0.5) is 22.7 Å². The molecule has 0 bridgehead atoms. The maximum Gasteiger partial charge on any atom is 0.278 e. The summed E-state index contributed by atoms with van der Waals surface area (Å²) >= 11 is 0. The second kappa shape index (κ2) is 6.41. The summed E-state index contributed by atoms with van der Waals surface area (Å²) in [5, 5.41) is 39.5. The first-order valence-electron chi connectivity index (χ1n) is 6.86. The molecule has 2 rings (SSSR count). The van der Waals surface area contributed by atoms with E-state index in [0.29, 0.717) is 22.4 Å². The van der Waals surface area contributed by atoms with Gasteiger partial charge in [0.2, 0.25) is 0 Å². The number of nitro benzene ring substituents is 2. The molecule has 1 N–H and O–H groups in total. The van der Waals surface area contributed by atoms with Crippen LogP contribution >= 0.6 is 0 Å². The molecule has 0 aliphatic heterocycles. The monoisotopic (exact) mass is 330 g/mol. The highest BCUT2D eigenvalue weighted by atomic mass is 16.6. The fraction of sp³-hybridized carbons (Fsp3) is 0.200. The van der Waals surface area contributed by atoms with E-state index < -0.39 is 21.2 Å². The van der Waals surface area contributed by atoms with Crippen LogP contribution < -0.4 is 0 Å². The second-order valence-corrected chi connectivity index (χ2v) is 5.23. The van der Waals surface area contributed by atoms with Crippen LogP contribution in [0.3, 0.4) is 0 Å². The van der Waals surface area contributed by atoms with E-state index in [9.17, 15) is 25.3 Å². The highest BCUT2D eigenvalue weighted by molar-refractivity contribution is 5.60. The topological polar surface area (TPSA) is 131 Å². The standard InChI is InChI=1S/C15H14N4O5/c1-8-4-14(20)9(2)10(3)15(8)17-16-11-5-12(18(21)22)7-13(6-11)19(23)24/h4-7,20H,1-3H3. The van der Waals surface area contributed by atoms with Gasteiger partial charge in [0.15, 0.2) is 0 Å². The quantitative estimate of drug-likeness (QED) is 0.499. The van der Waals surface area contributed by atoms with Gasteiger partial charge in [-0.1, -0.05) is 0 Å². The Morgan fingerprint density at radius 1 is 0.875 bits per heavy atom. The molecule has 0 amide bonds. The number of nitro groups is 2. The number of non-ortho nitro benzene ring substituents is 2. The van der Waals surface area contributed by atoms with Crippen molar-refractivity contribution in [3.63, 3.8) is 0 Å². The number of nitrogens with zero attached hydrogens (tertiary/aromatic N) is 4. The smallest absolute Gasteiger partial charge is 0.278 e. The number of phenolic OH excluding ortho intramolecular Hbond substituents is 1. The molecule has 0 unspecified atom stereocenters. The summed E-state index contributed by atoms with van der Waals surface area (Å²) in [6.45, 7) is 5.21. The van der Waals surface area contributed by atoms with Crippen molar-refractivity contribution in [2.75, 3.05) is 0 Å². The fourth-order valence-corrected chi connectivity index (χ4v) is 2.16. The zero-order valence-electron chi connectivity index (χ0n) is 13.2. The van der Waals surface area contributed by atoms with Gasteiger partial charge < -0.3 is 5.11 Å². The second-order valence-electron chi connectivity index (χ2n) is 5.23. The lowest BCUT2D eigenvalue weighted by atomic mass is 10.0. The molecular weight excluding hydrogens is 316 g/mol. The van der Waals surface area contributed by atoms with E-state index in [1.807, 2.05) is 0 Å². The molecule has 0 heterocycles. The van der Waals surface area contributed by atoms with E-state index in [1.54, 1.807) is 20.8 Å². The zero-order chi connectivity index (χ0) is 18.0. The molecular formula is C15H14N4O5. The molecule has 0 aromatic heterocycles. The Labute approximate surface area is 136 Å². The Morgan fingerprint density at radius 3 is 1.92 bits per heavy atom. The molecule has 9 nitrogen and oxygen atoms in total. The van der Waals surface area contributed by atoms with Gasteiger partial charge in [-0.15, -0.1) is 5.11 Å². The third-order valence-corrected chi connectivity index (χ3v) is 3.60. The van der Waals surface area contributed by atoms with Crippen molar-refractivity contribution in [2.45, 2.75) is 20.8 Å². The Bertz CT molecular complexity index is 844. The van der Waals surface area contributed by atoms with Gasteiger partial charge in [0.1, 0.15) is 5.75 Å². The van der Waals surface area contributed by atoms with Crippen LogP contribution in [0.5, 0.6) is 5.75 Å². The van der Waals surface area contributed by atoms with Crippen LogP contribution in [0.25, 0.3) is 0 Å². The first-order chi connectivity index (χ1) is 11.2. The number of benzene rings is 2. The number of azo groups is 1. The van der Waals surface area contributed by atoms with E-state index in [4.69, 9.17) is 0 Å². The van der Waals surface area contributed by atoms with Gasteiger partial charge in [-0.2, -0.15) is 5.11 Å². The summed E-state index contributed by atoms with van der Waals surface area (Å²) in [5.74, 6) is 0.134. The first kappa shape index (κ1) is 17.0. The van der Waals surface area contributed by atoms with Crippen molar-refractivity contribution in [1.29, 1.82) is 0 Å². The minimum absolute atomic E-state index is 0.000396. The third kappa shape index (κ3) is 3.35. The molecule has 0 fully saturated rings. The number of aromatic hydroxyl groups is 1. The largest absolute Gasteiger partial charge is 0.508 e. The van der Waals surface area contributed by atoms with Crippen molar-refractivity contribution in [1.82, 2.24) is 0 Å². The normalized spacial score (nSPS) is 11.0. The molecule has 124 valence electrons. The summed E-state index contributed by atoms with van der Waals surface area (Å²) in [5.41, 5.74) is 1.64. The first-order valence-corrected chi connectivity index (χ1v) is 6.86. The van der Waals surface area contributed by atoms with E-state index in [1.165, 1.54) is 6.07 Å². The van der Waals surface area contributed by atoms with Crippen LogP contribution in [-0.4, -0.2) is 15.0 Å². The van der Waals surface area contributed by atoms with Gasteiger partial charge in [-0.3, -0.25) is 20.2 Å². The molecule has 0 radical (unpaired) electrons. The van der Waals surface area contributed by atoms with E-state index in [2.05, 4.69) is 10.2 Å². The summed E-state index contributed by atoms with van der Waals surface area (Å²) in [6, 6.07) is 4.61. The Kier molecular flexibility index (Phi) is 4.54. The number of hydrogen-bond acceptors (Lipinski definition) is 7. The van der Waals surface area contributed by atoms with Gasteiger partial charge in [0.25, 0.3) is 11.4 Å². The number of aryl methyl sites for hydroxylation is 1. The van der Waals surface area contributed by atoms with Crippen molar-refractivity contribution >= 4 is 22.7 Å². The highest BCUT2D eigenvalue weighted by Crippen LogP contribution is 2.34. The summed E-state index contributed by atoms with van der Waals surface area (Å²) in [7, 11) is 0. The highest BCUT2D eigenvalue weighted by Gasteiger charge is 2.16. The summed E-state index contributed by atoms with van der Waals surface area (Å²) in [4.78, 5) is 20.3. The van der Waals surface area contributed by atoms with Crippen molar-refractivity contribution in [2.24, 2.45) is 10.2 Å². The molecule has 2 aromatic rings. The van der Waals surface area contributed by atoms with Crippen LogP contribution in [-0.2, 0) is 0 Å². The lowest BCUT2D eigenvalue weighted by Gasteiger charge is -2.09. The van der Waals surface area contributed by atoms with E-state index in [0.717, 1.165) is 18.2 Å². The Morgan fingerprint density at radius 2 is 1.42 bits per heavy atom. The lowest BCUT2D eigenvalue weighted by molar-refractivity contribution is -0.394. The summed E-state index contributed by atoms with van der Waals surface area (Å²) < 4.78 is 0. The molecule has 0 spiro atoms. The summed E-state index contributed by atoms with van der Waals surface area (Å²) in [6.07, 6.45) is 0. The van der Waals surface area contributed by atoms with Crippen LogP contribution in [0, 0.1) is 41.0 Å². The minimum Gasteiger partial charge on any atom is -0.508 e. The van der Waals surface area contributed by atoms with Gasteiger partial charge >= 0.3 is 0 Å². The maximum absolute atomic E-state index is 10.9. The van der Waals surface area contributed by atoms with Crippen LogP contribution in [0.2, 0.25) is 0 Å². The lowest BCUT2D eigenvalue weighted by Crippen LogP contribution is -1.92. The zero-order valence-corrected chi connectivity index (χ0v) is 13.2. The molecule has 0 aliphatic rings. The molecule has 0 saturated carbocycles. The predicted octanol–water partition coefficient (Wildman–Crippen LogP) is 4.55. The van der Waals surface area contributed by atoms with Crippen LogP contribution in [0.1, 0.15) is 16.7 Å². The Hall–Kier alpha value is -3.36. The van der Waals surface area contributed by atoms with E-state index in [-0.39, 0.29) is 11.4 Å². The molecule has 0 atom stereocenters. The molecule has 0 saturated heterocycles. The molecule has 24 heavy (non-hydrogen) atoms. The van der Waals surface area contributed by atoms with Gasteiger partial charge in [0.05, 0.1) is 27.3 Å². The van der Waals surface area contributed by atoms with Crippen molar-refractivity contribution in [3.05, 3.63) is 61.2 Å². The third-order valence-electron chi connectivity index (χ3n) is 3.60. The molecule has 9 heteroatoms. The minimum atomic E-state index is -0.729. The Balaban J connectivity index is 2.52. The number of rotatable bonds is 4. The van der Waals surface area contributed by atoms with Gasteiger partial charge in [-0.25, -0.2) is 0 Å². The van der Waals surface area contributed by atoms with Gasteiger partial charge in [0, 0.05) is 12.1 Å². The average Bonchev–Trinajstić information content (AvgIpc) is 2.52. The molecule has 0 aliphatic carbocycles. The predicted molar refractivity (Wildman–Crippen MR) is 86.2 cm³/mol. The van der Waals surface area contributed by atoms with Crippen molar-refractivity contribution < 1.29 is 15.0 Å². The SMILES string of the molecule is Cc1cc(O)c(C)c(C)c1N=Nc1cc([N+](=O)[O-])cc([N+](=O)[O-])c1. The number of phenols is 1. The van der Waals surface area contributed by atoms with Crippen LogP contribution in [0.15, 0.2) is 34.5 Å². The number of hydrogen-bond donors (Lipinski definition) is 1. The van der Waals surface area contributed by atoms with Crippen molar-refractivity contribution in [3.8, 4) is 5.75 Å². The van der Waals surface area contributed by atoms with Gasteiger partial charge in [-0.05, 0) is 43.5 Å². The average molecular weight is 330 g/mol. The maximum atomic E-state index is 10.9. The van der Waals surface area contributed by atoms with E-state index >= 15 is 0 Å². The molecule has 2 aromatic carbocycles.